The van der Waals surface area contributed by atoms with Crippen LogP contribution in [0.3, 0.4) is 0 Å². The van der Waals surface area contributed by atoms with Crippen LogP contribution in [0.25, 0.3) is 0 Å². The molecule has 19 heavy (non-hydrogen) atoms. The number of amides is 2. The quantitative estimate of drug-likeness (QED) is 0.713. The lowest BCUT2D eigenvalue weighted by atomic mass is 10.0. The van der Waals surface area contributed by atoms with Gasteiger partial charge in [0.25, 0.3) is 0 Å². The Morgan fingerprint density at radius 1 is 1.37 bits per heavy atom. The maximum absolute atomic E-state index is 12.4. The fourth-order valence-electron chi connectivity index (χ4n) is 2.73. The van der Waals surface area contributed by atoms with E-state index >= 15 is 0 Å². The van der Waals surface area contributed by atoms with Gasteiger partial charge in [0.1, 0.15) is 0 Å². The average molecular weight is 272 g/mol. The third-order valence-corrected chi connectivity index (χ3v) is 3.93. The standard InChI is InChI=1S/C12H20N2O5/c1-8-10(11(16)17)2-3-14(8)12(18)13-4-5-19-9(6-13)7-15/h8-10,15H,2-7H2,1H3,(H,16,17). The first-order chi connectivity index (χ1) is 9.04. The first-order valence-corrected chi connectivity index (χ1v) is 6.55. The summed E-state index contributed by atoms with van der Waals surface area (Å²) in [4.78, 5) is 26.7. The molecule has 2 aliphatic rings. The number of hydrogen-bond acceptors (Lipinski definition) is 4. The van der Waals surface area contributed by atoms with Crippen molar-refractivity contribution in [2.75, 3.05) is 32.8 Å². The number of carboxylic acid groups (broad SMARTS) is 1. The van der Waals surface area contributed by atoms with Gasteiger partial charge in [0, 0.05) is 19.1 Å². The Hall–Kier alpha value is -1.34. The predicted octanol–water partition coefficient (Wildman–Crippen LogP) is -0.405. The molecule has 0 bridgehead atoms. The summed E-state index contributed by atoms with van der Waals surface area (Å²) in [5, 5.41) is 18.1. The minimum Gasteiger partial charge on any atom is -0.481 e. The molecule has 2 amide bonds. The molecule has 0 radical (unpaired) electrons. The molecule has 7 nitrogen and oxygen atoms in total. The molecule has 2 N–H and O–H groups in total. The molecule has 0 saturated carbocycles. The normalized spacial score (nSPS) is 31.6. The molecule has 108 valence electrons. The first-order valence-electron chi connectivity index (χ1n) is 6.55. The molecular weight excluding hydrogens is 252 g/mol. The van der Waals surface area contributed by atoms with Crippen molar-refractivity contribution >= 4 is 12.0 Å². The summed E-state index contributed by atoms with van der Waals surface area (Å²) in [5.74, 6) is -1.34. The van der Waals surface area contributed by atoms with Gasteiger partial charge in [0.05, 0.1) is 31.8 Å². The first kappa shape index (κ1) is 14.1. The highest BCUT2D eigenvalue weighted by molar-refractivity contribution is 5.78. The average Bonchev–Trinajstić information content (AvgIpc) is 2.80. The second kappa shape index (κ2) is 5.75. The van der Waals surface area contributed by atoms with Gasteiger partial charge >= 0.3 is 12.0 Å². The Labute approximate surface area is 111 Å². The number of aliphatic carboxylic acids is 1. The highest BCUT2D eigenvalue weighted by Gasteiger charge is 2.40. The molecule has 0 aliphatic carbocycles. The molecule has 7 heteroatoms. The summed E-state index contributed by atoms with van der Waals surface area (Å²) >= 11 is 0. The fraction of sp³-hybridized carbons (Fsp3) is 0.833. The van der Waals surface area contributed by atoms with Crippen LogP contribution in [-0.2, 0) is 9.53 Å². The monoisotopic (exact) mass is 272 g/mol. The van der Waals surface area contributed by atoms with E-state index in [0.29, 0.717) is 32.7 Å². The zero-order valence-electron chi connectivity index (χ0n) is 11.0. The molecule has 2 saturated heterocycles. The summed E-state index contributed by atoms with van der Waals surface area (Å²) in [6.07, 6.45) is 0.154. The van der Waals surface area contributed by atoms with Crippen LogP contribution in [0, 0.1) is 5.92 Å². The summed E-state index contributed by atoms with van der Waals surface area (Å²) in [7, 11) is 0. The number of carbonyl (C=O) groups excluding carboxylic acids is 1. The van der Waals surface area contributed by atoms with Crippen molar-refractivity contribution in [3.8, 4) is 0 Å². The van der Waals surface area contributed by atoms with Crippen molar-refractivity contribution < 1.29 is 24.5 Å². The van der Waals surface area contributed by atoms with Crippen LogP contribution in [0.5, 0.6) is 0 Å². The van der Waals surface area contributed by atoms with Crippen LogP contribution in [0.1, 0.15) is 13.3 Å². The summed E-state index contributed by atoms with van der Waals surface area (Å²) in [6.45, 7) is 3.37. The smallest absolute Gasteiger partial charge is 0.320 e. The second-order valence-corrected chi connectivity index (χ2v) is 5.07. The zero-order chi connectivity index (χ0) is 14.0. The lowest BCUT2D eigenvalue weighted by Crippen LogP contribution is -2.53. The van der Waals surface area contributed by atoms with Crippen LogP contribution in [-0.4, -0.2) is 77.0 Å². The van der Waals surface area contributed by atoms with Gasteiger partial charge in [0.2, 0.25) is 0 Å². The van der Waals surface area contributed by atoms with Gasteiger partial charge < -0.3 is 24.7 Å². The van der Waals surface area contributed by atoms with Gasteiger partial charge in [-0.2, -0.15) is 0 Å². The third kappa shape index (κ3) is 2.82. The Kier molecular flexibility index (Phi) is 4.26. The number of nitrogens with zero attached hydrogens (tertiary/aromatic N) is 2. The Morgan fingerprint density at radius 3 is 2.68 bits per heavy atom. The van der Waals surface area contributed by atoms with Crippen LogP contribution in [0.2, 0.25) is 0 Å². The second-order valence-electron chi connectivity index (χ2n) is 5.07. The molecule has 3 unspecified atom stereocenters. The lowest BCUT2D eigenvalue weighted by molar-refractivity contribution is -0.142. The minimum absolute atomic E-state index is 0.114. The van der Waals surface area contributed by atoms with Crippen LogP contribution >= 0.6 is 0 Å². The maximum atomic E-state index is 12.4. The number of rotatable bonds is 2. The van der Waals surface area contributed by atoms with E-state index in [4.69, 9.17) is 14.9 Å². The number of carbonyl (C=O) groups is 2. The number of hydrogen-bond donors (Lipinski definition) is 2. The zero-order valence-corrected chi connectivity index (χ0v) is 11.0. The Balaban J connectivity index is 1.98. The summed E-state index contributed by atoms with van der Waals surface area (Å²) < 4.78 is 5.30. The lowest BCUT2D eigenvalue weighted by Gasteiger charge is -2.36. The van der Waals surface area contributed by atoms with Gasteiger partial charge in [-0.1, -0.05) is 0 Å². The van der Waals surface area contributed by atoms with Gasteiger partial charge in [-0.15, -0.1) is 0 Å². The molecule has 2 rings (SSSR count). The number of likely N-dealkylation sites (tertiary alicyclic amines) is 1. The molecule has 0 aromatic heterocycles. The van der Waals surface area contributed by atoms with Crippen molar-refractivity contribution in [2.24, 2.45) is 5.92 Å². The highest BCUT2D eigenvalue weighted by Crippen LogP contribution is 2.25. The molecule has 0 aromatic rings. The molecule has 2 heterocycles. The number of morpholine rings is 1. The van der Waals surface area contributed by atoms with E-state index < -0.39 is 11.9 Å². The third-order valence-electron chi connectivity index (χ3n) is 3.93. The number of aliphatic hydroxyl groups excluding tert-OH is 1. The van der Waals surface area contributed by atoms with Crippen molar-refractivity contribution in [3.63, 3.8) is 0 Å². The number of carboxylic acids is 1. The van der Waals surface area contributed by atoms with Crippen molar-refractivity contribution in [1.29, 1.82) is 0 Å². The molecule has 0 aromatic carbocycles. The van der Waals surface area contributed by atoms with E-state index in [1.165, 1.54) is 0 Å². The van der Waals surface area contributed by atoms with Crippen LogP contribution in [0.4, 0.5) is 4.79 Å². The summed E-state index contributed by atoms with van der Waals surface area (Å²) in [6, 6.07) is -0.446. The largest absolute Gasteiger partial charge is 0.481 e. The van der Waals surface area contributed by atoms with E-state index in [9.17, 15) is 9.59 Å². The van der Waals surface area contributed by atoms with E-state index in [1.54, 1.807) is 16.7 Å². The van der Waals surface area contributed by atoms with Crippen molar-refractivity contribution in [1.82, 2.24) is 9.80 Å². The van der Waals surface area contributed by atoms with Gasteiger partial charge in [-0.3, -0.25) is 4.79 Å². The van der Waals surface area contributed by atoms with E-state index in [2.05, 4.69) is 0 Å². The van der Waals surface area contributed by atoms with Crippen LogP contribution < -0.4 is 0 Å². The number of urea groups is 1. The van der Waals surface area contributed by atoms with Crippen molar-refractivity contribution in [2.45, 2.75) is 25.5 Å². The van der Waals surface area contributed by atoms with E-state index in [1.807, 2.05) is 0 Å². The molecule has 3 atom stereocenters. The minimum atomic E-state index is -0.849. The highest BCUT2D eigenvalue weighted by atomic mass is 16.5. The van der Waals surface area contributed by atoms with Crippen LogP contribution in [0.15, 0.2) is 0 Å². The van der Waals surface area contributed by atoms with E-state index in [-0.39, 0.29) is 24.8 Å². The molecular formula is C12H20N2O5. The van der Waals surface area contributed by atoms with Crippen molar-refractivity contribution in [3.05, 3.63) is 0 Å². The van der Waals surface area contributed by atoms with Gasteiger partial charge in [-0.05, 0) is 13.3 Å². The number of ether oxygens (including phenoxy) is 1. The number of aliphatic hydroxyl groups is 1. The summed E-state index contributed by atoms with van der Waals surface area (Å²) in [5.41, 5.74) is 0. The Morgan fingerprint density at radius 2 is 2.11 bits per heavy atom. The fourth-order valence-corrected chi connectivity index (χ4v) is 2.73. The maximum Gasteiger partial charge on any atom is 0.320 e. The van der Waals surface area contributed by atoms with Gasteiger partial charge in [-0.25, -0.2) is 4.79 Å². The molecule has 2 fully saturated rings. The molecule has 0 spiro atoms. The molecule has 2 aliphatic heterocycles. The van der Waals surface area contributed by atoms with Gasteiger partial charge in [0.15, 0.2) is 0 Å². The Bertz CT molecular complexity index is 362. The SMILES string of the molecule is CC1C(C(=O)O)CCN1C(=O)N1CCOC(CO)C1. The van der Waals surface area contributed by atoms with E-state index in [0.717, 1.165) is 0 Å². The topological polar surface area (TPSA) is 90.3 Å². The predicted molar refractivity (Wildman–Crippen MR) is 65.7 cm³/mol.